The fraction of sp³-hybridized carbons (Fsp3) is 0.0667. The van der Waals surface area contributed by atoms with Crippen molar-refractivity contribution in [2.45, 2.75) is 0 Å². The van der Waals surface area contributed by atoms with Gasteiger partial charge in [0.1, 0.15) is 5.75 Å². The molecule has 0 saturated carbocycles. The van der Waals surface area contributed by atoms with Gasteiger partial charge in [-0.3, -0.25) is 0 Å². The minimum absolute atomic E-state index is 0.559. The summed E-state index contributed by atoms with van der Waals surface area (Å²) in [6.07, 6.45) is 1.81. The van der Waals surface area contributed by atoms with Gasteiger partial charge in [-0.05, 0) is 18.2 Å². The van der Waals surface area contributed by atoms with E-state index in [1.165, 1.54) is 0 Å². The van der Waals surface area contributed by atoms with Crippen LogP contribution in [0.25, 0.3) is 10.9 Å². The van der Waals surface area contributed by atoms with Crippen LogP contribution in [0.15, 0.2) is 54.7 Å². The fourth-order valence-electron chi connectivity index (χ4n) is 1.90. The van der Waals surface area contributed by atoms with E-state index in [9.17, 15) is 0 Å². The lowest BCUT2D eigenvalue weighted by molar-refractivity contribution is 0.417. The lowest BCUT2D eigenvalue weighted by Gasteiger charge is -2.09. The van der Waals surface area contributed by atoms with Crippen molar-refractivity contribution in [1.82, 2.24) is 9.97 Å². The van der Waals surface area contributed by atoms with E-state index in [1.807, 2.05) is 48.5 Å². The molecule has 19 heavy (non-hydrogen) atoms. The average Bonchev–Trinajstić information content (AvgIpc) is 2.48. The lowest BCUT2D eigenvalue weighted by Crippen LogP contribution is -1.98. The number of fused-ring (bicyclic) bond motifs is 1. The topological polar surface area (TPSA) is 47.0 Å². The zero-order valence-corrected chi connectivity index (χ0v) is 10.5. The predicted octanol–water partition coefficient (Wildman–Crippen LogP) is 3.38. The van der Waals surface area contributed by atoms with Gasteiger partial charge >= 0.3 is 0 Å². The van der Waals surface area contributed by atoms with Gasteiger partial charge in [-0.25, -0.2) is 9.97 Å². The molecule has 0 atom stereocenters. The first-order chi connectivity index (χ1) is 9.36. The van der Waals surface area contributed by atoms with Crippen LogP contribution in [-0.2, 0) is 0 Å². The molecule has 0 saturated heterocycles. The van der Waals surface area contributed by atoms with Crippen molar-refractivity contribution in [1.29, 1.82) is 0 Å². The first-order valence-electron chi connectivity index (χ1n) is 5.98. The SMILES string of the molecule is COc1ccccc1Nc1ncc2ccccc2n1. The number of benzene rings is 2. The molecule has 1 heterocycles. The summed E-state index contributed by atoms with van der Waals surface area (Å²) in [5.74, 6) is 1.32. The minimum atomic E-state index is 0.559. The molecule has 0 unspecified atom stereocenters. The van der Waals surface area contributed by atoms with Gasteiger partial charge in [-0.1, -0.05) is 30.3 Å². The lowest BCUT2D eigenvalue weighted by atomic mass is 10.2. The molecule has 0 amide bonds. The maximum atomic E-state index is 5.29. The first kappa shape index (κ1) is 11.5. The zero-order chi connectivity index (χ0) is 13.1. The third-order valence-corrected chi connectivity index (χ3v) is 2.84. The van der Waals surface area contributed by atoms with Crippen molar-refractivity contribution < 1.29 is 4.74 Å². The second-order valence-corrected chi connectivity index (χ2v) is 4.08. The van der Waals surface area contributed by atoms with E-state index in [2.05, 4.69) is 15.3 Å². The largest absolute Gasteiger partial charge is 0.495 e. The van der Waals surface area contributed by atoms with E-state index in [4.69, 9.17) is 4.74 Å². The Kier molecular flexibility index (Phi) is 2.98. The van der Waals surface area contributed by atoms with Crippen molar-refractivity contribution in [3.05, 3.63) is 54.7 Å². The molecule has 0 aliphatic rings. The molecule has 2 aromatic carbocycles. The van der Waals surface area contributed by atoms with Crippen molar-refractivity contribution in [2.75, 3.05) is 12.4 Å². The highest BCUT2D eigenvalue weighted by molar-refractivity contribution is 5.79. The van der Waals surface area contributed by atoms with Crippen LogP contribution in [0.5, 0.6) is 5.75 Å². The molecule has 3 aromatic rings. The van der Waals surface area contributed by atoms with Crippen LogP contribution in [-0.4, -0.2) is 17.1 Å². The number of nitrogens with zero attached hydrogens (tertiary/aromatic N) is 2. The first-order valence-corrected chi connectivity index (χ1v) is 5.98. The van der Waals surface area contributed by atoms with Crippen molar-refractivity contribution in [2.24, 2.45) is 0 Å². The number of hydrogen-bond donors (Lipinski definition) is 1. The molecule has 0 aliphatic carbocycles. The zero-order valence-electron chi connectivity index (χ0n) is 10.5. The summed E-state index contributed by atoms with van der Waals surface area (Å²) in [7, 11) is 1.64. The number of ether oxygens (including phenoxy) is 1. The van der Waals surface area contributed by atoms with Crippen LogP contribution in [0.1, 0.15) is 0 Å². The highest BCUT2D eigenvalue weighted by Gasteiger charge is 2.04. The summed E-state index contributed by atoms with van der Waals surface area (Å²) in [6, 6.07) is 15.6. The smallest absolute Gasteiger partial charge is 0.227 e. The molecule has 0 radical (unpaired) electrons. The Bertz CT molecular complexity index is 712. The highest BCUT2D eigenvalue weighted by atomic mass is 16.5. The summed E-state index contributed by atoms with van der Waals surface area (Å²) in [4.78, 5) is 8.77. The summed E-state index contributed by atoms with van der Waals surface area (Å²) in [5, 5.41) is 4.19. The van der Waals surface area contributed by atoms with Gasteiger partial charge in [0.25, 0.3) is 0 Å². The normalized spacial score (nSPS) is 10.4. The second kappa shape index (κ2) is 4.94. The van der Waals surface area contributed by atoms with Gasteiger partial charge in [0.15, 0.2) is 0 Å². The number of methoxy groups -OCH3 is 1. The average molecular weight is 251 g/mol. The molecule has 1 aromatic heterocycles. The molecule has 94 valence electrons. The Morgan fingerprint density at radius 1 is 1.00 bits per heavy atom. The molecule has 0 fully saturated rings. The van der Waals surface area contributed by atoms with Crippen LogP contribution in [0, 0.1) is 0 Å². The van der Waals surface area contributed by atoms with Crippen LogP contribution in [0.2, 0.25) is 0 Å². The number of hydrogen-bond acceptors (Lipinski definition) is 4. The molecule has 0 aliphatic heterocycles. The highest BCUT2D eigenvalue weighted by Crippen LogP contribution is 2.25. The van der Waals surface area contributed by atoms with Crippen molar-refractivity contribution in [3.63, 3.8) is 0 Å². The summed E-state index contributed by atoms with van der Waals surface area (Å²) < 4.78 is 5.29. The van der Waals surface area contributed by atoms with Crippen LogP contribution in [0.3, 0.4) is 0 Å². The molecular weight excluding hydrogens is 238 g/mol. The number of para-hydroxylation sites is 3. The standard InChI is InChI=1S/C15H13N3O/c1-19-14-9-5-4-8-13(14)18-15-16-10-11-6-2-3-7-12(11)17-15/h2-10H,1H3,(H,16,17,18). The summed E-state index contributed by atoms with van der Waals surface area (Å²) in [6.45, 7) is 0. The molecule has 0 bridgehead atoms. The Hall–Kier alpha value is -2.62. The maximum absolute atomic E-state index is 5.29. The summed E-state index contributed by atoms with van der Waals surface area (Å²) in [5.41, 5.74) is 1.76. The van der Waals surface area contributed by atoms with Crippen molar-refractivity contribution in [3.8, 4) is 5.75 Å². The Labute approximate surface area is 111 Å². The van der Waals surface area contributed by atoms with E-state index < -0.39 is 0 Å². The second-order valence-electron chi connectivity index (χ2n) is 4.08. The van der Waals surface area contributed by atoms with E-state index >= 15 is 0 Å². The Morgan fingerprint density at radius 2 is 1.79 bits per heavy atom. The fourth-order valence-corrected chi connectivity index (χ4v) is 1.90. The number of anilines is 2. The number of aromatic nitrogens is 2. The quantitative estimate of drug-likeness (QED) is 0.775. The van der Waals surface area contributed by atoms with Gasteiger partial charge in [-0.2, -0.15) is 0 Å². The minimum Gasteiger partial charge on any atom is -0.495 e. The molecule has 4 heteroatoms. The Morgan fingerprint density at radius 3 is 2.68 bits per heavy atom. The number of nitrogens with one attached hydrogen (secondary N) is 1. The van der Waals surface area contributed by atoms with Gasteiger partial charge < -0.3 is 10.1 Å². The van der Waals surface area contributed by atoms with Crippen LogP contribution >= 0.6 is 0 Å². The van der Waals surface area contributed by atoms with E-state index in [0.29, 0.717) is 5.95 Å². The molecule has 4 nitrogen and oxygen atoms in total. The van der Waals surface area contributed by atoms with Gasteiger partial charge in [0.2, 0.25) is 5.95 Å². The molecular formula is C15H13N3O. The summed E-state index contributed by atoms with van der Waals surface area (Å²) >= 11 is 0. The van der Waals surface area contributed by atoms with E-state index in [-0.39, 0.29) is 0 Å². The monoisotopic (exact) mass is 251 g/mol. The van der Waals surface area contributed by atoms with Gasteiger partial charge in [0, 0.05) is 11.6 Å². The molecule has 0 spiro atoms. The predicted molar refractivity (Wildman–Crippen MR) is 75.8 cm³/mol. The Balaban J connectivity index is 1.96. The van der Waals surface area contributed by atoms with E-state index in [0.717, 1.165) is 22.3 Å². The van der Waals surface area contributed by atoms with E-state index in [1.54, 1.807) is 13.3 Å². The van der Waals surface area contributed by atoms with Crippen molar-refractivity contribution >= 4 is 22.5 Å². The van der Waals surface area contributed by atoms with Crippen LogP contribution in [0.4, 0.5) is 11.6 Å². The molecule has 3 rings (SSSR count). The third-order valence-electron chi connectivity index (χ3n) is 2.84. The maximum Gasteiger partial charge on any atom is 0.227 e. The number of rotatable bonds is 3. The van der Waals surface area contributed by atoms with Crippen LogP contribution < -0.4 is 10.1 Å². The van der Waals surface area contributed by atoms with Gasteiger partial charge in [-0.15, -0.1) is 0 Å². The third kappa shape index (κ3) is 2.33. The van der Waals surface area contributed by atoms with Gasteiger partial charge in [0.05, 0.1) is 18.3 Å². The molecule has 1 N–H and O–H groups in total.